The molecular formula is C24H26N2O7S. The molecule has 180 valence electrons. The standard InChI is InChI=1S/C24H26N2O7S/c1-15-5-10-22(23(11-15)31-4)32-14-24(28)33-13-21(27)20-12-16(2)26(17(20)3)18-6-8-19(9-7-18)34(25,29)30/h5-12H,13-14H2,1-4H3,(H2,25,29,30). The van der Waals surface area contributed by atoms with Crippen molar-refractivity contribution in [2.75, 3.05) is 20.3 Å². The van der Waals surface area contributed by atoms with Crippen molar-refractivity contribution in [1.29, 1.82) is 0 Å². The third kappa shape index (κ3) is 5.64. The molecule has 0 atom stereocenters. The Morgan fingerprint density at radius 2 is 1.62 bits per heavy atom. The lowest BCUT2D eigenvalue weighted by molar-refractivity contribution is -0.144. The van der Waals surface area contributed by atoms with E-state index < -0.39 is 22.6 Å². The van der Waals surface area contributed by atoms with Crippen LogP contribution >= 0.6 is 0 Å². The summed E-state index contributed by atoms with van der Waals surface area (Å²) in [6, 6.07) is 13.0. The molecule has 1 aromatic heterocycles. The Balaban J connectivity index is 1.65. The Hall–Kier alpha value is -3.63. The fourth-order valence-corrected chi connectivity index (χ4v) is 4.04. The van der Waals surface area contributed by atoms with Gasteiger partial charge in [-0.3, -0.25) is 4.79 Å². The number of aryl methyl sites for hydroxylation is 2. The molecule has 0 radical (unpaired) electrons. The number of benzene rings is 2. The molecule has 3 aromatic rings. The largest absolute Gasteiger partial charge is 0.493 e. The van der Waals surface area contributed by atoms with Gasteiger partial charge in [0.1, 0.15) is 0 Å². The van der Waals surface area contributed by atoms with Gasteiger partial charge in [-0.15, -0.1) is 0 Å². The van der Waals surface area contributed by atoms with Crippen molar-refractivity contribution < 1.29 is 32.2 Å². The molecule has 0 saturated carbocycles. The van der Waals surface area contributed by atoms with Crippen LogP contribution in [0.3, 0.4) is 0 Å². The maximum atomic E-state index is 12.7. The van der Waals surface area contributed by atoms with Crippen LogP contribution in [0.15, 0.2) is 53.4 Å². The lowest BCUT2D eigenvalue weighted by atomic mass is 10.1. The molecule has 1 heterocycles. The lowest BCUT2D eigenvalue weighted by Gasteiger charge is -2.11. The third-order valence-corrected chi connectivity index (χ3v) is 6.11. The van der Waals surface area contributed by atoms with Gasteiger partial charge in [-0.1, -0.05) is 6.07 Å². The summed E-state index contributed by atoms with van der Waals surface area (Å²) in [5, 5.41) is 5.15. The average Bonchev–Trinajstić information content (AvgIpc) is 3.09. The molecule has 0 amide bonds. The maximum Gasteiger partial charge on any atom is 0.344 e. The smallest absolute Gasteiger partial charge is 0.344 e. The summed E-state index contributed by atoms with van der Waals surface area (Å²) in [6.45, 7) is 4.65. The number of Topliss-reactive ketones (excluding diaryl/α,β-unsaturated/α-hetero) is 1. The van der Waals surface area contributed by atoms with Crippen LogP contribution in [0.2, 0.25) is 0 Å². The fraction of sp³-hybridized carbons (Fsp3) is 0.250. The number of ether oxygens (including phenoxy) is 3. The van der Waals surface area contributed by atoms with Crippen molar-refractivity contribution in [3.63, 3.8) is 0 Å². The second kappa shape index (κ2) is 10.1. The van der Waals surface area contributed by atoms with E-state index in [1.807, 2.05) is 19.9 Å². The number of methoxy groups -OCH3 is 1. The SMILES string of the molecule is COc1cc(C)ccc1OCC(=O)OCC(=O)c1cc(C)n(-c2ccc(S(N)(=O)=O)cc2)c1C. The van der Waals surface area contributed by atoms with E-state index in [-0.39, 0.29) is 17.3 Å². The number of esters is 1. The van der Waals surface area contributed by atoms with E-state index >= 15 is 0 Å². The van der Waals surface area contributed by atoms with Crippen molar-refractivity contribution in [3.8, 4) is 17.2 Å². The Morgan fingerprint density at radius 3 is 2.24 bits per heavy atom. The first-order valence-corrected chi connectivity index (χ1v) is 11.8. The molecule has 0 saturated heterocycles. The van der Waals surface area contributed by atoms with Gasteiger partial charge < -0.3 is 18.8 Å². The lowest BCUT2D eigenvalue weighted by Crippen LogP contribution is -2.20. The predicted molar refractivity (Wildman–Crippen MR) is 125 cm³/mol. The summed E-state index contributed by atoms with van der Waals surface area (Å²) >= 11 is 0. The molecule has 0 aliphatic carbocycles. The van der Waals surface area contributed by atoms with Gasteiger partial charge in [0.2, 0.25) is 15.8 Å². The first-order valence-electron chi connectivity index (χ1n) is 10.3. The molecule has 34 heavy (non-hydrogen) atoms. The summed E-state index contributed by atoms with van der Waals surface area (Å²) in [5.41, 5.74) is 3.42. The summed E-state index contributed by atoms with van der Waals surface area (Å²) in [4.78, 5) is 24.8. The predicted octanol–water partition coefficient (Wildman–Crippen LogP) is 2.86. The topological polar surface area (TPSA) is 127 Å². The summed E-state index contributed by atoms with van der Waals surface area (Å²) in [6.07, 6.45) is 0. The van der Waals surface area contributed by atoms with Crippen LogP contribution in [0.4, 0.5) is 0 Å². The number of rotatable bonds is 9. The highest BCUT2D eigenvalue weighted by Gasteiger charge is 2.19. The van der Waals surface area contributed by atoms with Crippen molar-refractivity contribution >= 4 is 21.8 Å². The number of carbonyl (C=O) groups is 2. The van der Waals surface area contributed by atoms with Crippen LogP contribution in [-0.2, 0) is 19.6 Å². The fourth-order valence-electron chi connectivity index (χ4n) is 3.52. The van der Waals surface area contributed by atoms with Crippen LogP contribution in [0, 0.1) is 20.8 Å². The minimum Gasteiger partial charge on any atom is -0.493 e. The van der Waals surface area contributed by atoms with E-state index in [4.69, 9.17) is 19.3 Å². The molecule has 10 heteroatoms. The number of sulfonamides is 1. The number of hydrogen-bond donors (Lipinski definition) is 1. The van der Waals surface area contributed by atoms with Gasteiger partial charge in [-0.05, 0) is 68.8 Å². The zero-order valence-electron chi connectivity index (χ0n) is 19.3. The Labute approximate surface area is 198 Å². The summed E-state index contributed by atoms with van der Waals surface area (Å²) < 4.78 is 40.5. The first kappa shape index (κ1) is 25.0. The van der Waals surface area contributed by atoms with Gasteiger partial charge in [0.05, 0.1) is 12.0 Å². The van der Waals surface area contributed by atoms with Crippen molar-refractivity contribution in [3.05, 3.63) is 71.0 Å². The molecule has 2 aromatic carbocycles. The number of carbonyl (C=O) groups excluding carboxylic acids is 2. The van der Waals surface area contributed by atoms with Crippen molar-refractivity contribution in [2.24, 2.45) is 5.14 Å². The zero-order valence-corrected chi connectivity index (χ0v) is 20.1. The minimum absolute atomic E-state index is 0.00704. The first-order chi connectivity index (χ1) is 16.0. The van der Waals surface area contributed by atoms with Gasteiger partial charge in [-0.25, -0.2) is 18.4 Å². The zero-order chi connectivity index (χ0) is 25.0. The molecule has 0 aliphatic rings. The van der Waals surface area contributed by atoms with E-state index in [0.717, 1.165) is 11.3 Å². The number of nitrogens with zero attached hydrogens (tertiary/aromatic N) is 1. The van der Waals surface area contributed by atoms with Gasteiger partial charge in [0, 0.05) is 22.6 Å². The monoisotopic (exact) mass is 486 g/mol. The molecule has 0 spiro atoms. The van der Waals surface area contributed by atoms with Crippen LogP contribution in [0.1, 0.15) is 27.3 Å². The molecule has 0 fully saturated rings. The van der Waals surface area contributed by atoms with Gasteiger partial charge >= 0.3 is 5.97 Å². The van der Waals surface area contributed by atoms with E-state index in [1.165, 1.54) is 19.2 Å². The van der Waals surface area contributed by atoms with Crippen LogP contribution in [0.5, 0.6) is 11.5 Å². The minimum atomic E-state index is -3.80. The molecule has 3 rings (SSSR count). The number of primary sulfonamides is 1. The van der Waals surface area contributed by atoms with Crippen molar-refractivity contribution in [2.45, 2.75) is 25.7 Å². The van der Waals surface area contributed by atoms with E-state index in [9.17, 15) is 18.0 Å². The number of ketones is 1. The van der Waals surface area contributed by atoms with E-state index in [0.29, 0.717) is 28.4 Å². The number of hydrogen-bond acceptors (Lipinski definition) is 7. The van der Waals surface area contributed by atoms with Gasteiger partial charge in [0.15, 0.2) is 24.7 Å². The highest BCUT2D eigenvalue weighted by molar-refractivity contribution is 7.89. The van der Waals surface area contributed by atoms with Crippen LogP contribution in [-0.4, -0.2) is 45.1 Å². The highest BCUT2D eigenvalue weighted by Crippen LogP contribution is 2.27. The molecular weight excluding hydrogens is 460 g/mol. The summed E-state index contributed by atoms with van der Waals surface area (Å²) in [7, 11) is -2.30. The number of aromatic nitrogens is 1. The molecule has 0 bridgehead atoms. The van der Waals surface area contributed by atoms with Gasteiger partial charge in [-0.2, -0.15) is 0 Å². The van der Waals surface area contributed by atoms with Gasteiger partial charge in [0.25, 0.3) is 0 Å². The Morgan fingerprint density at radius 1 is 0.941 bits per heavy atom. The third-order valence-electron chi connectivity index (χ3n) is 5.18. The Kier molecular flexibility index (Phi) is 7.43. The van der Waals surface area contributed by atoms with Crippen LogP contribution in [0.25, 0.3) is 5.69 Å². The van der Waals surface area contributed by atoms with E-state index in [2.05, 4.69) is 0 Å². The number of nitrogens with two attached hydrogens (primary N) is 1. The second-order valence-electron chi connectivity index (χ2n) is 7.69. The molecule has 2 N–H and O–H groups in total. The average molecular weight is 487 g/mol. The molecule has 9 nitrogen and oxygen atoms in total. The van der Waals surface area contributed by atoms with Crippen LogP contribution < -0.4 is 14.6 Å². The molecule has 0 aliphatic heterocycles. The maximum absolute atomic E-state index is 12.7. The van der Waals surface area contributed by atoms with E-state index in [1.54, 1.807) is 41.8 Å². The normalized spacial score (nSPS) is 11.2. The highest BCUT2D eigenvalue weighted by atomic mass is 32.2. The Bertz CT molecular complexity index is 1330. The van der Waals surface area contributed by atoms with Crippen molar-refractivity contribution in [1.82, 2.24) is 4.57 Å². The second-order valence-corrected chi connectivity index (χ2v) is 9.25. The quantitative estimate of drug-likeness (QED) is 0.364. The summed E-state index contributed by atoms with van der Waals surface area (Å²) in [5.74, 6) is -0.174. The molecule has 0 unspecified atom stereocenters.